The molecule has 9 heavy (non-hydrogen) atoms. The molecule has 3 nitrogen and oxygen atoms in total. The fourth-order valence-corrected chi connectivity index (χ4v) is 1.05. The van der Waals surface area contributed by atoms with E-state index in [1.54, 1.807) is 0 Å². The first-order chi connectivity index (χ1) is 4.30. The monoisotopic (exact) mass is 128 g/mol. The van der Waals surface area contributed by atoms with Gasteiger partial charge in [-0.2, -0.15) is 0 Å². The van der Waals surface area contributed by atoms with Gasteiger partial charge in [-0.25, -0.2) is 9.90 Å². The Kier molecular flexibility index (Phi) is 2.05. The predicted molar refractivity (Wildman–Crippen MR) is 31.3 cm³/mol. The van der Waals surface area contributed by atoms with Gasteiger partial charge < -0.3 is 5.32 Å². The van der Waals surface area contributed by atoms with Crippen LogP contribution in [0, 0.1) is 0 Å². The molecule has 1 rings (SSSR count). The van der Waals surface area contributed by atoms with Gasteiger partial charge in [-0.1, -0.05) is 6.42 Å². The fourth-order valence-electron chi connectivity index (χ4n) is 1.05. The Labute approximate surface area is 54.1 Å². The lowest BCUT2D eigenvalue weighted by Gasteiger charge is -2.17. The summed E-state index contributed by atoms with van der Waals surface area (Å²) in [5, 5.41) is 13.0. The van der Waals surface area contributed by atoms with E-state index in [-0.39, 0.29) is 0 Å². The van der Waals surface area contributed by atoms with Crippen LogP contribution in [0.25, 0.3) is 0 Å². The van der Waals surface area contributed by atoms with E-state index in [4.69, 9.17) is 0 Å². The van der Waals surface area contributed by atoms with Crippen molar-refractivity contribution in [2.24, 2.45) is 0 Å². The highest BCUT2D eigenvalue weighted by atomic mass is 16.4. The molecule has 1 unspecified atom stereocenters. The third-order valence-electron chi connectivity index (χ3n) is 1.59. The molecule has 1 radical (unpaired) electrons. The summed E-state index contributed by atoms with van der Waals surface area (Å²) in [6, 6.07) is -0.390. The van der Waals surface area contributed by atoms with Crippen molar-refractivity contribution in [3.8, 4) is 0 Å². The molecule has 0 saturated carbocycles. The second-order valence-electron chi connectivity index (χ2n) is 2.32. The van der Waals surface area contributed by atoms with Crippen molar-refractivity contribution in [3.05, 3.63) is 0 Å². The Morgan fingerprint density at radius 2 is 2.22 bits per heavy atom. The van der Waals surface area contributed by atoms with E-state index < -0.39 is 12.0 Å². The van der Waals surface area contributed by atoms with Gasteiger partial charge in [0.25, 0.3) is 0 Å². The van der Waals surface area contributed by atoms with Gasteiger partial charge in [0, 0.05) is 0 Å². The van der Waals surface area contributed by atoms with Crippen molar-refractivity contribution in [2.45, 2.75) is 25.3 Å². The minimum Gasteiger partial charge on any atom is -0.304 e. The number of rotatable bonds is 1. The molecule has 0 aromatic heterocycles. The van der Waals surface area contributed by atoms with Crippen LogP contribution in [-0.4, -0.2) is 18.6 Å². The van der Waals surface area contributed by atoms with Gasteiger partial charge in [0.2, 0.25) is 0 Å². The molecule has 51 valence electrons. The van der Waals surface area contributed by atoms with E-state index in [2.05, 4.69) is 5.32 Å². The summed E-state index contributed by atoms with van der Waals surface area (Å²) in [4.78, 5) is 10.2. The summed E-state index contributed by atoms with van der Waals surface area (Å²) in [5.41, 5.74) is 0. The first-order valence-electron chi connectivity index (χ1n) is 3.25. The standard InChI is InChI=1S/C6H10NO2/c8-6(9)5-3-1-2-4-7-5/h5,7H,1-4H2. The zero-order chi connectivity index (χ0) is 6.69. The maximum atomic E-state index is 10.2. The second-order valence-corrected chi connectivity index (χ2v) is 2.32. The highest BCUT2D eigenvalue weighted by Crippen LogP contribution is 2.06. The van der Waals surface area contributed by atoms with Crippen LogP contribution < -0.4 is 5.32 Å². The quantitative estimate of drug-likeness (QED) is 0.544. The van der Waals surface area contributed by atoms with E-state index in [1.807, 2.05) is 0 Å². The zero-order valence-electron chi connectivity index (χ0n) is 5.22. The summed E-state index contributed by atoms with van der Waals surface area (Å²) >= 11 is 0. The van der Waals surface area contributed by atoms with Crippen LogP contribution in [0.2, 0.25) is 0 Å². The SMILES string of the molecule is [O]C(=O)C1CCCCN1. The van der Waals surface area contributed by atoms with Gasteiger partial charge >= 0.3 is 5.97 Å². The van der Waals surface area contributed by atoms with Crippen LogP contribution in [0.3, 0.4) is 0 Å². The Morgan fingerprint density at radius 3 is 2.56 bits per heavy atom. The average molecular weight is 128 g/mol. The lowest BCUT2D eigenvalue weighted by atomic mass is 10.1. The summed E-state index contributed by atoms with van der Waals surface area (Å²) in [5.74, 6) is -0.963. The molecule has 0 aromatic rings. The van der Waals surface area contributed by atoms with E-state index in [1.165, 1.54) is 0 Å². The molecule has 3 heteroatoms. The molecule has 1 atom stereocenters. The largest absolute Gasteiger partial charge is 0.372 e. The fraction of sp³-hybridized carbons (Fsp3) is 0.833. The zero-order valence-corrected chi connectivity index (χ0v) is 5.22. The van der Waals surface area contributed by atoms with Gasteiger partial charge in [0.05, 0.1) is 0 Å². The lowest BCUT2D eigenvalue weighted by molar-refractivity contribution is -0.146. The van der Waals surface area contributed by atoms with E-state index in [9.17, 15) is 9.90 Å². The molecule has 0 amide bonds. The summed E-state index contributed by atoms with van der Waals surface area (Å²) in [6.45, 7) is 0.818. The van der Waals surface area contributed by atoms with Gasteiger partial charge in [-0.3, -0.25) is 0 Å². The molecule has 1 heterocycles. The maximum absolute atomic E-state index is 10.2. The van der Waals surface area contributed by atoms with Crippen LogP contribution in [0.1, 0.15) is 19.3 Å². The Hall–Kier alpha value is -0.570. The van der Waals surface area contributed by atoms with E-state index in [0.29, 0.717) is 0 Å². The van der Waals surface area contributed by atoms with Gasteiger partial charge in [0.15, 0.2) is 0 Å². The lowest BCUT2D eigenvalue weighted by Crippen LogP contribution is -2.39. The molecule has 1 aliphatic heterocycles. The minimum absolute atomic E-state index is 0.390. The Morgan fingerprint density at radius 1 is 1.44 bits per heavy atom. The number of hydrogen-bond donors (Lipinski definition) is 1. The van der Waals surface area contributed by atoms with Crippen LogP contribution >= 0.6 is 0 Å². The summed E-state index contributed by atoms with van der Waals surface area (Å²) in [6.07, 6.45) is 2.82. The van der Waals surface area contributed by atoms with Gasteiger partial charge in [-0.05, 0) is 19.4 Å². The Bertz CT molecular complexity index is 108. The van der Waals surface area contributed by atoms with Crippen molar-refractivity contribution in [1.82, 2.24) is 5.32 Å². The summed E-state index contributed by atoms with van der Waals surface area (Å²) in [7, 11) is 0. The van der Waals surface area contributed by atoms with Crippen LogP contribution in [0.5, 0.6) is 0 Å². The Balaban J connectivity index is 2.31. The van der Waals surface area contributed by atoms with E-state index >= 15 is 0 Å². The van der Waals surface area contributed by atoms with E-state index in [0.717, 1.165) is 25.8 Å². The second kappa shape index (κ2) is 2.82. The minimum atomic E-state index is -0.963. The smallest absolute Gasteiger partial charge is 0.304 e. The molecule has 0 bridgehead atoms. The average Bonchev–Trinajstić information content (AvgIpc) is 1.90. The number of carbonyl (C=O) groups excluding carboxylic acids is 1. The number of nitrogens with one attached hydrogen (secondary N) is 1. The van der Waals surface area contributed by atoms with Crippen molar-refractivity contribution in [2.75, 3.05) is 6.54 Å². The van der Waals surface area contributed by atoms with Crippen LogP contribution in [0.15, 0.2) is 0 Å². The topological polar surface area (TPSA) is 49.0 Å². The highest BCUT2D eigenvalue weighted by Gasteiger charge is 2.20. The molecule has 0 aromatic carbocycles. The molecule has 1 fully saturated rings. The van der Waals surface area contributed by atoms with Gasteiger partial charge in [0.1, 0.15) is 6.04 Å². The van der Waals surface area contributed by atoms with Crippen LogP contribution in [0.4, 0.5) is 0 Å². The van der Waals surface area contributed by atoms with Gasteiger partial charge in [-0.15, -0.1) is 0 Å². The van der Waals surface area contributed by atoms with Crippen molar-refractivity contribution >= 4 is 5.97 Å². The first kappa shape index (κ1) is 6.55. The van der Waals surface area contributed by atoms with Crippen LogP contribution in [-0.2, 0) is 9.90 Å². The molecular weight excluding hydrogens is 118 g/mol. The molecule has 1 saturated heterocycles. The molecule has 0 spiro atoms. The van der Waals surface area contributed by atoms with Crippen molar-refractivity contribution in [3.63, 3.8) is 0 Å². The third kappa shape index (κ3) is 1.68. The van der Waals surface area contributed by atoms with Crippen molar-refractivity contribution < 1.29 is 9.90 Å². The molecule has 1 N–H and O–H groups in total. The number of carbonyl (C=O) groups is 1. The maximum Gasteiger partial charge on any atom is 0.372 e. The van der Waals surface area contributed by atoms with Crippen molar-refractivity contribution in [1.29, 1.82) is 0 Å². The summed E-state index contributed by atoms with van der Waals surface area (Å²) < 4.78 is 0. The molecule has 1 aliphatic rings. The number of hydrogen-bond acceptors (Lipinski definition) is 2. The normalized spacial score (nSPS) is 27.8. The molecular formula is C6H10NO2. The third-order valence-corrected chi connectivity index (χ3v) is 1.59. The highest BCUT2D eigenvalue weighted by molar-refractivity contribution is 5.73. The predicted octanol–water partition coefficient (Wildman–Crippen LogP) is 0.0856. The number of piperidine rings is 1. The first-order valence-corrected chi connectivity index (χ1v) is 3.25. The molecule has 0 aliphatic carbocycles.